The number of pyridine rings is 3. The summed E-state index contributed by atoms with van der Waals surface area (Å²) < 4.78 is 13.0. The Balaban J connectivity index is 1.73. The second-order valence-electron chi connectivity index (χ2n) is 6.67. The predicted molar refractivity (Wildman–Crippen MR) is 98.3 cm³/mol. The first-order valence-corrected chi connectivity index (χ1v) is 8.37. The Hall–Kier alpha value is -3.09. The highest BCUT2D eigenvalue weighted by molar-refractivity contribution is 5.98. The zero-order valence-electron chi connectivity index (χ0n) is 14.5. The number of carbonyl (C=O) groups is 1. The van der Waals surface area contributed by atoms with Gasteiger partial charge in [-0.25, -0.2) is 14.4 Å². The molecule has 132 valence electrons. The third-order valence-electron chi connectivity index (χ3n) is 4.57. The average molecular weight is 351 g/mol. The van der Waals surface area contributed by atoms with Crippen molar-refractivity contribution in [3.05, 3.63) is 41.9 Å². The van der Waals surface area contributed by atoms with Crippen molar-refractivity contribution in [3.8, 4) is 11.3 Å². The van der Waals surface area contributed by atoms with Crippen molar-refractivity contribution in [2.24, 2.45) is 5.92 Å². The topological polar surface area (TPSA) is 93.8 Å². The van der Waals surface area contributed by atoms with Gasteiger partial charge in [0.1, 0.15) is 17.8 Å². The molecule has 2 atom stereocenters. The van der Waals surface area contributed by atoms with Crippen LogP contribution in [0.1, 0.15) is 17.7 Å². The van der Waals surface area contributed by atoms with Crippen LogP contribution in [0, 0.1) is 19.8 Å². The molecule has 3 heterocycles. The van der Waals surface area contributed by atoms with Crippen molar-refractivity contribution >= 4 is 28.3 Å². The number of amides is 1. The molecule has 1 saturated carbocycles. The van der Waals surface area contributed by atoms with Gasteiger partial charge in [-0.15, -0.1) is 0 Å². The molecule has 3 aromatic rings. The van der Waals surface area contributed by atoms with E-state index in [9.17, 15) is 9.18 Å². The number of anilines is 2. The minimum absolute atomic E-state index is 0.278. The van der Waals surface area contributed by atoms with Crippen LogP contribution < -0.4 is 11.1 Å². The fourth-order valence-electron chi connectivity index (χ4n) is 3.00. The number of nitrogens with zero attached hydrogens (tertiary/aromatic N) is 3. The molecule has 3 aromatic heterocycles. The zero-order chi connectivity index (χ0) is 18.4. The maximum absolute atomic E-state index is 13.0. The highest BCUT2D eigenvalue weighted by atomic mass is 19.1. The van der Waals surface area contributed by atoms with Crippen molar-refractivity contribution in [3.63, 3.8) is 0 Å². The number of fused-ring (bicyclic) bond motifs is 1. The Morgan fingerprint density at radius 1 is 1.23 bits per heavy atom. The lowest BCUT2D eigenvalue weighted by Crippen LogP contribution is -2.15. The molecule has 0 radical (unpaired) electrons. The van der Waals surface area contributed by atoms with Gasteiger partial charge in [0, 0.05) is 29.0 Å². The molecule has 3 N–H and O–H groups in total. The van der Waals surface area contributed by atoms with Crippen molar-refractivity contribution in [2.75, 3.05) is 11.1 Å². The summed E-state index contributed by atoms with van der Waals surface area (Å²) in [5, 5.41) is 4.15. The van der Waals surface area contributed by atoms with E-state index in [-0.39, 0.29) is 12.3 Å². The maximum Gasteiger partial charge on any atom is 0.231 e. The normalized spacial score (nSPS) is 18.7. The van der Waals surface area contributed by atoms with E-state index in [1.54, 1.807) is 18.5 Å². The van der Waals surface area contributed by atoms with Gasteiger partial charge in [0.25, 0.3) is 0 Å². The molecule has 1 aliphatic carbocycles. The molecule has 0 bridgehead atoms. The Morgan fingerprint density at radius 2 is 2.00 bits per heavy atom. The van der Waals surface area contributed by atoms with Gasteiger partial charge < -0.3 is 11.1 Å². The Kier molecular flexibility index (Phi) is 3.79. The first-order chi connectivity index (χ1) is 12.4. The van der Waals surface area contributed by atoms with E-state index >= 15 is 0 Å². The predicted octanol–water partition coefficient (Wildman–Crippen LogP) is 3.19. The van der Waals surface area contributed by atoms with E-state index in [1.807, 2.05) is 26.0 Å². The van der Waals surface area contributed by atoms with Gasteiger partial charge >= 0.3 is 0 Å². The summed E-state index contributed by atoms with van der Waals surface area (Å²) in [6, 6.07) is 5.59. The zero-order valence-corrected chi connectivity index (χ0v) is 14.5. The lowest BCUT2D eigenvalue weighted by Gasteiger charge is -2.10. The standard InChI is InChI=1S/C19H18FN5O/c1-9-3-10(2)22-7-13(9)16-4-11-5-17(23-8-14(11)18(21)24-16)25-19(26)12-6-15(12)20/h3-5,7-8,12,15H,6H2,1-2H3,(H2,21,24)(H,23,25,26)/t12-,15+/m0/s1. The SMILES string of the molecule is Cc1cc(C)c(-c2cc3cc(NC(=O)[C@H]4C[C@H]4F)ncc3c(N)n2)cn1. The second kappa shape index (κ2) is 6.01. The number of nitrogen functional groups attached to an aromatic ring is 1. The van der Waals surface area contributed by atoms with E-state index in [4.69, 9.17) is 5.73 Å². The first-order valence-electron chi connectivity index (χ1n) is 8.37. The minimum Gasteiger partial charge on any atom is -0.383 e. The Morgan fingerprint density at radius 3 is 2.69 bits per heavy atom. The van der Waals surface area contributed by atoms with Crippen LogP contribution in [-0.4, -0.2) is 27.0 Å². The summed E-state index contributed by atoms with van der Waals surface area (Å²) in [6.45, 7) is 3.93. The first kappa shape index (κ1) is 16.4. The third kappa shape index (κ3) is 2.96. The number of alkyl halides is 1. The van der Waals surface area contributed by atoms with Gasteiger partial charge in [0.15, 0.2) is 0 Å². The lowest BCUT2D eigenvalue weighted by atomic mass is 10.0. The molecular formula is C19H18FN5O. The smallest absolute Gasteiger partial charge is 0.231 e. The highest BCUT2D eigenvalue weighted by Gasteiger charge is 2.43. The molecule has 0 saturated heterocycles. The van der Waals surface area contributed by atoms with Crippen LogP contribution in [0.2, 0.25) is 0 Å². The molecule has 0 unspecified atom stereocenters. The summed E-state index contributed by atoms with van der Waals surface area (Å²) >= 11 is 0. The number of nitrogens with one attached hydrogen (secondary N) is 1. The van der Waals surface area contributed by atoms with Crippen LogP contribution in [0.5, 0.6) is 0 Å². The fourth-order valence-corrected chi connectivity index (χ4v) is 3.00. The van der Waals surface area contributed by atoms with E-state index in [0.29, 0.717) is 22.7 Å². The van der Waals surface area contributed by atoms with Gasteiger partial charge in [0.05, 0.1) is 11.6 Å². The molecule has 1 amide bonds. The quantitative estimate of drug-likeness (QED) is 0.756. The molecule has 4 rings (SSSR count). The van der Waals surface area contributed by atoms with E-state index in [2.05, 4.69) is 20.3 Å². The van der Waals surface area contributed by atoms with Gasteiger partial charge in [-0.3, -0.25) is 9.78 Å². The largest absolute Gasteiger partial charge is 0.383 e. The Labute approximate surface area is 149 Å². The lowest BCUT2D eigenvalue weighted by molar-refractivity contribution is -0.117. The molecule has 0 aliphatic heterocycles. The average Bonchev–Trinajstić information content (AvgIpc) is 3.31. The summed E-state index contributed by atoms with van der Waals surface area (Å²) in [4.78, 5) is 24.9. The second-order valence-corrected chi connectivity index (χ2v) is 6.67. The van der Waals surface area contributed by atoms with E-state index in [0.717, 1.165) is 22.2 Å². The molecule has 26 heavy (non-hydrogen) atoms. The van der Waals surface area contributed by atoms with Gasteiger partial charge in [-0.2, -0.15) is 0 Å². The fraction of sp³-hybridized carbons (Fsp3) is 0.263. The number of nitrogens with two attached hydrogens (primary N) is 1. The number of aromatic nitrogens is 3. The molecule has 7 heteroatoms. The van der Waals surface area contributed by atoms with E-state index < -0.39 is 12.1 Å². The Bertz CT molecular complexity index is 1040. The number of halogens is 1. The maximum atomic E-state index is 13.0. The van der Waals surface area contributed by atoms with Crippen LogP contribution in [-0.2, 0) is 4.79 Å². The minimum atomic E-state index is -1.04. The van der Waals surface area contributed by atoms with Crippen molar-refractivity contribution in [1.29, 1.82) is 0 Å². The molecular weight excluding hydrogens is 333 g/mol. The molecule has 6 nitrogen and oxygen atoms in total. The molecule has 1 fully saturated rings. The van der Waals surface area contributed by atoms with Gasteiger partial charge in [0.2, 0.25) is 5.91 Å². The molecule has 0 spiro atoms. The summed E-state index contributed by atoms with van der Waals surface area (Å²) in [5.41, 5.74) is 9.67. The van der Waals surface area contributed by atoms with Crippen LogP contribution in [0.3, 0.4) is 0 Å². The summed E-state index contributed by atoms with van der Waals surface area (Å²) in [5.74, 6) is -0.178. The van der Waals surface area contributed by atoms with Crippen LogP contribution >= 0.6 is 0 Å². The number of hydrogen-bond acceptors (Lipinski definition) is 5. The summed E-state index contributed by atoms with van der Waals surface area (Å²) in [6.07, 6.45) is 2.58. The van der Waals surface area contributed by atoms with Crippen molar-refractivity contribution < 1.29 is 9.18 Å². The van der Waals surface area contributed by atoms with Crippen LogP contribution in [0.25, 0.3) is 22.0 Å². The van der Waals surface area contributed by atoms with Gasteiger partial charge in [-0.1, -0.05) is 0 Å². The highest BCUT2D eigenvalue weighted by Crippen LogP contribution is 2.35. The third-order valence-corrected chi connectivity index (χ3v) is 4.57. The monoisotopic (exact) mass is 351 g/mol. The van der Waals surface area contributed by atoms with E-state index in [1.165, 1.54) is 0 Å². The number of aryl methyl sites for hydroxylation is 2. The number of rotatable bonds is 3. The molecule has 1 aliphatic rings. The summed E-state index contributed by atoms with van der Waals surface area (Å²) in [7, 11) is 0. The molecule has 0 aromatic carbocycles. The van der Waals surface area contributed by atoms with Crippen molar-refractivity contribution in [2.45, 2.75) is 26.4 Å². The number of hydrogen-bond donors (Lipinski definition) is 2. The van der Waals surface area contributed by atoms with Crippen molar-refractivity contribution in [1.82, 2.24) is 15.0 Å². The van der Waals surface area contributed by atoms with Gasteiger partial charge in [-0.05, 0) is 49.4 Å². The number of carbonyl (C=O) groups excluding carboxylic acids is 1. The van der Waals surface area contributed by atoms with Crippen LogP contribution in [0.4, 0.5) is 16.0 Å². The van der Waals surface area contributed by atoms with Crippen LogP contribution in [0.15, 0.2) is 30.6 Å².